The Morgan fingerprint density at radius 2 is 0.823 bits per heavy atom. The van der Waals surface area contributed by atoms with Gasteiger partial charge in [-0.2, -0.15) is 0 Å². The van der Waals surface area contributed by atoms with Gasteiger partial charge in [-0.3, -0.25) is 4.79 Å². The minimum Gasteiger partial charge on any atom is -0.457 e. The van der Waals surface area contributed by atoms with Crippen LogP contribution in [0.4, 0.5) is 0 Å². The van der Waals surface area contributed by atoms with Crippen molar-refractivity contribution in [2.45, 2.75) is 248 Å². The number of ether oxygens (including phenoxy) is 6. The molecule has 0 radical (unpaired) electrons. The van der Waals surface area contributed by atoms with E-state index in [2.05, 4.69) is 135 Å². The van der Waals surface area contributed by atoms with Gasteiger partial charge >= 0.3 is 5.97 Å². The summed E-state index contributed by atoms with van der Waals surface area (Å²) < 4.78 is 34.4. The average Bonchev–Trinajstić information content (AvgIpc) is 3.46. The standard InChI is InChI=1S/C65H106O14/c1-3-5-7-9-11-13-15-17-19-21-23-25-26-27-28-29-30-32-34-36-38-40-42-44-46-48-57(67)77-54(51-74-49-47-45-43-41-39-37-35-33-31-24-22-20-18-16-14-12-10-8-6-4-2)52-75-64-63(73)61(71)59(69)56(79-64)53-76-65-62(72)60(70)58(68)55(50-66)78-65/h5,7,11-14,17-20,23-25,27-28,30-32,36,38,54-56,58-66,68-73H,3-4,6,8-10,15-16,21-22,26,29,33-35,37,39-53H2,1-2H3/b7-5-,13-11-,14-12-,19-17-,20-18-,25-23-,28-27-,31-24-,32-30-,38-36-. The molecule has 0 aromatic heterocycles. The minimum absolute atomic E-state index is 0.0322. The predicted octanol–water partition coefficient (Wildman–Crippen LogP) is 11.3. The van der Waals surface area contributed by atoms with Crippen molar-refractivity contribution in [1.82, 2.24) is 0 Å². The highest BCUT2D eigenvalue weighted by molar-refractivity contribution is 5.69. The van der Waals surface area contributed by atoms with Gasteiger partial charge in [0.25, 0.3) is 0 Å². The first-order valence-corrected chi connectivity index (χ1v) is 30.1. The molecule has 0 saturated carbocycles. The molecule has 2 aliphatic rings. The Morgan fingerprint density at radius 1 is 0.430 bits per heavy atom. The molecular weight excluding hydrogens is 1000 g/mol. The molecular formula is C65H106O14. The summed E-state index contributed by atoms with van der Waals surface area (Å²) in [5, 5.41) is 72.4. The summed E-state index contributed by atoms with van der Waals surface area (Å²) in [7, 11) is 0. The van der Waals surface area contributed by atoms with Gasteiger partial charge in [-0.1, -0.05) is 187 Å². The Hall–Kier alpha value is -3.61. The van der Waals surface area contributed by atoms with E-state index in [0.717, 1.165) is 109 Å². The number of carbonyl (C=O) groups is 1. The topological polar surface area (TPSA) is 214 Å². The molecule has 11 atom stereocenters. The summed E-state index contributed by atoms with van der Waals surface area (Å²) in [6, 6.07) is 0. The molecule has 450 valence electrons. The summed E-state index contributed by atoms with van der Waals surface area (Å²) in [6.45, 7) is 3.46. The van der Waals surface area contributed by atoms with Gasteiger partial charge in [0.1, 0.15) is 54.9 Å². The molecule has 0 aliphatic carbocycles. The van der Waals surface area contributed by atoms with E-state index in [9.17, 15) is 40.5 Å². The van der Waals surface area contributed by atoms with Crippen molar-refractivity contribution in [2.24, 2.45) is 0 Å². The van der Waals surface area contributed by atoms with Gasteiger partial charge in [0.05, 0.1) is 26.4 Å². The monoisotopic (exact) mass is 1110 g/mol. The molecule has 14 nitrogen and oxygen atoms in total. The van der Waals surface area contributed by atoms with Gasteiger partial charge < -0.3 is 64.2 Å². The smallest absolute Gasteiger partial charge is 0.306 e. The summed E-state index contributed by atoms with van der Waals surface area (Å²) in [4.78, 5) is 13.1. The number of rotatable bonds is 47. The van der Waals surface area contributed by atoms with E-state index in [4.69, 9.17) is 28.4 Å². The van der Waals surface area contributed by atoms with Crippen LogP contribution in [0.25, 0.3) is 0 Å². The van der Waals surface area contributed by atoms with Crippen LogP contribution in [0, 0.1) is 0 Å². The first-order valence-electron chi connectivity index (χ1n) is 30.1. The SMILES string of the molecule is CC/C=C\C/C=C\C/C=C\C/C=C\C/C=C\C/C=C\C/C=C\CCCCCC(=O)OC(COCCCCCCCCC/C=C\C/C=C\C/C=C\CCCCC)COC1OC(COC2OC(CO)C(O)C(O)C2O)C(O)C(O)C1O. The lowest BCUT2D eigenvalue weighted by Gasteiger charge is -2.42. The molecule has 2 fully saturated rings. The Labute approximate surface area is 476 Å². The third kappa shape index (κ3) is 36.5. The molecule has 0 bridgehead atoms. The number of unbranched alkanes of at least 4 members (excludes halogenated alkanes) is 13. The summed E-state index contributed by atoms with van der Waals surface area (Å²) in [6.07, 6.45) is 53.9. The zero-order chi connectivity index (χ0) is 57.2. The minimum atomic E-state index is -1.72. The molecule has 79 heavy (non-hydrogen) atoms. The Kier molecular flexibility index (Phi) is 45.4. The molecule has 7 N–H and O–H groups in total. The molecule has 11 unspecified atom stereocenters. The van der Waals surface area contributed by atoms with E-state index in [1.165, 1.54) is 44.9 Å². The number of carbonyl (C=O) groups excluding carboxylic acids is 1. The zero-order valence-corrected chi connectivity index (χ0v) is 48.3. The maximum Gasteiger partial charge on any atom is 0.306 e. The molecule has 14 heteroatoms. The highest BCUT2D eigenvalue weighted by Crippen LogP contribution is 2.26. The molecule has 2 saturated heterocycles. The lowest BCUT2D eigenvalue weighted by molar-refractivity contribution is -0.332. The van der Waals surface area contributed by atoms with Crippen molar-refractivity contribution in [3.63, 3.8) is 0 Å². The first-order chi connectivity index (χ1) is 38.6. The van der Waals surface area contributed by atoms with Crippen LogP contribution < -0.4 is 0 Å². The second-order valence-corrected chi connectivity index (χ2v) is 20.4. The van der Waals surface area contributed by atoms with Crippen molar-refractivity contribution in [3.8, 4) is 0 Å². The van der Waals surface area contributed by atoms with Crippen molar-refractivity contribution in [1.29, 1.82) is 0 Å². The fourth-order valence-corrected chi connectivity index (χ4v) is 8.62. The van der Waals surface area contributed by atoms with Crippen LogP contribution in [0.1, 0.15) is 181 Å². The number of hydrogen-bond donors (Lipinski definition) is 7. The van der Waals surface area contributed by atoms with Gasteiger partial charge in [-0.25, -0.2) is 0 Å². The van der Waals surface area contributed by atoms with E-state index in [-0.39, 0.29) is 19.6 Å². The molecule has 0 amide bonds. The number of esters is 1. The van der Waals surface area contributed by atoms with E-state index in [1.54, 1.807) is 0 Å². The summed E-state index contributed by atoms with van der Waals surface area (Å²) in [5.74, 6) is -0.416. The van der Waals surface area contributed by atoms with Crippen molar-refractivity contribution < 1.29 is 69.0 Å². The quantitative estimate of drug-likeness (QED) is 0.0172. The lowest BCUT2D eigenvalue weighted by Crippen LogP contribution is -2.61. The van der Waals surface area contributed by atoms with Crippen LogP contribution in [-0.2, 0) is 33.2 Å². The van der Waals surface area contributed by atoms with E-state index >= 15 is 0 Å². The normalized spacial score (nSPS) is 24.9. The van der Waals surface area contributed by atoms with Gasteiger partial charge in [0.2, 0.25) is 0 Å². The van der Waals surface area contributed by atoms with E-state index in [0.29, 0.717) is 13.0 Å². The first kappa shape index (κ1) is 71.5. The number of aliphatic hydroxyl groups excluding tert-OH is 7. The molecule has 0 aromatic carbocycles. The summed E-state index contributed by atoms with van der Waals surface area (Å²) >= 11 is 0. The van der Waals surface area contributed by atoms with Crippen molar-refractivity contribution >= 4 is 5.97 Å². The fraction of sp³-hybridized carbons (Fsp3) is 0.677. The third-order valence-electron chi connectivity index (χ3n) is 13.5. The molecule has 0 aromatic rings. The fourth-order valence-electron chi connectivity index (χ4n) is 8.62. The Morgan fingerprint density at radius 3 is 1.29 bits per heavy atom. The molecule has 0 spiro atoms. The van der Waals surface area contributed by atoms with Gasteiger partial charge in [0.15, 0.2) is 12.6 Å². The third-order valence-corrected chi connectivity index (χ3v) is 13.5. The van der Waals surface area contributed by atoms with Gasteiger partial charge in [-0.05, 0) is 109 Å². The van der Waals surface area contributed by atoms with E-state index < -0.39 is 86.7 Å². The highest BCUT2D eigenvalue weighted by atomic mass is 16.7. The molecule has 2 aliphatic heterocycles. The lowest BCUT2D eigenvalue weighted by atomic mass is 9.98. The average molecular weight is 1110 g/mol. The van der Waals surface area contributed by atoms with Crippen LogP contribution >= 0.6 is 0 Å². The van der Waals surface area contributed by atoms with Crippen molar-refractivity contribution in [2.75, 3.05) is 33.0 Å². The van der Waals surface area contributed by atoms with Crippen molar-refractivity contribution in [3.05, 3.63) is 122 Å². The maximum absolute atomic E-state index is 13.1. The zero-order valence-electron chi connectivity index (χ0n) is 48.3. The van der Waals surface area contributed by atoms with Crippen LogP contribution in [-0.4, -0.2) is 142 Å². The Bertz CT molecular complexity index is 1770. The van der Waals surface area contributed by atoms with Gasteiger partial charge in [-0.15, -0.1) is 0 Å². The second kappa shape index (κ2) is 50.1. The molecule has 2 rings (SSSR count). The van der Waals surface area contributed by atoms with Gasteiger partial charge in [0, 0.05) is 13.0 Å². The number of hydrogen-bond acceptors (Lipinski definition) is 14. The number of allylic oxidation sites excluding steroid dienone is 20. The van der Waals surface area contributed by atoms with Crippen LogP contribution in [0.3, 0.4) is 0 Å². The van der Waals surface area contributed by atoms with Crippen LogP contribution in [0.2, 0.25) is 0 Å². The maximum atomic E-state index is 13.1. The predicted molar refractivity (Wildman–Crippen MR) is 316 cm³/mol. The molecule has 2 heterocycles. The van der Waals surface area contributed by atoms with Crippen LogP contribution in [0.5, 0.6) is 0 Å². The Balaban J connectivity index is 1.74. The van der Waals surface area contributed by atoms with Crippen LogP contribution in [0.15, 0.2) is 122 Å². The number of aliphatic hydroxyl groups is 7. The highest BCUT2D eigenvalue weighted by Gasteiger charge is 2.47. The van der Waals surface area contributed by atoms with E-state index in [1.807, 2.05) is 0 Å². The summed E-state index contributed by atoms with van der Waals surface area (Å²) in [5.41, 5.74) is 0. The second-order valence-electron chi connectivity index (χ2n) is 20.4. The largest absolute Gasteiger partial charge is 0.457 e.